The molecule has 1 atom stereocenters. The Morgan fingerprint density at radius 3 is 2.22 bits per heavy atom. The van der Waals surface area contributed by atoms with Crippen molar-refractivity contribution in [3.05, 3.63) is 76.3 Å². The number of hydrogen-bond donors (Lipinski definition) is 3. The Morgan fingerprint density at radius 1 is 1.06 bits per heavy atom. The first-order valence-corrected chi connectivity index (χ1v) is 10.5. The van der Waals surface area contributed by atoms with Crippen LogP contribution in [0.5, 0.6) is 5.75 Å². The van der Waals surface area contributed by atoms with Crippen LogP contribution < -0.4 is 15.9 Å². The number of nitrogens with zero attached hydrogens (tertiary/aromatic N) is 2. The molecular formula is C23H20Cl2N4O3. The van der Waals surface area contributed by atoms with E-state index in [2.05, 4.69) is 10.5 Å². The Bertz CT molecular complexity index is 1240. The van der Waals surface area contributed by atoms with E-state index >= 15 is 0 Å². The van der Waals surface area contributed by atoms with Crippen molar-refractivity contribution in [3.63, 3.8) is 0 Å². The highest BCUT2D eigenvalue weighted by Gasteiger charge is 2.15. The number of hydrazone groups is 1. The van der Waals surface area contributed by atoms with E-state index < -0.39 is 12.1 Å². The summed E-state index contributed by atoms with van der Waals surface area (Å²) in [5.74, 6) is 0.602. The van der Waals surface area contributed by atoms with Gasteiger partial charge < -0.3 is 20.1 Å². The van der Waals surface area contributed by atoms with Crippen molar-refractivity contribution in [1.29, 1.82) is 0 Å². The topological polar surface area (TPSA) is 102 Å². The lowest BCUT2D eigenvalue weighted by Gasteiger charge is -2.15. The zero-order valence-electron chi connectivity index (χ0n) is 16.8. The predicted molar refractivity (Wildman–Crippen MR) is 128 cm³/mol. The lowest BCUT2D eigenvalue weighted by molar-refractivity contribution is 0.0945. The molecular weight excluding hydrogens is 451 g/mol. The first-order chi connectivity index (χ1) is 15.4. The Hall–Kier alpha value is -3.26. The fourth-order valence-corrected chi connectivity index (χ4v) is 3.87. The number of carbonyl (C=O) groups is 1. The lowest BCUT2D eigenvalue weighted by atomic mass is 10.1. The Labute approximate surface area is 194 Å². The van der Waals surface area contributed by atoms with E-state index in [4.69, 9.17) is 33.7 Å². The van der Waals surface area contributed by atoms with E-state index in [1.54, 1.807) is 24.3 Å². The van der Waals surface area contributed by atoms with E-state index in [0.29, 0.717) is 22.3 Å². The van der Waals surface area contributed by atoms with Crippen LogP contribution >= 0.6 is 23.2 Å². The number of carbonyl (C=O) groups excluding carboxylic acids is 1. The smallest absolute Gasteiger partial charge is 0.332 e. The number of aromatic nitrogens is 1. The number of aliphatic hydroxyl groups excluding tert-OH is 1. The van der Waals surface area contributed by atoms with Gasteiger partial charge in [0.05, 0.1) is 12.8 Å². The van der Waals surface area contributed by atoms with Gasteiger partial charge in [0.1, 0.15) is 18.5 Å². The summed E-state index contributed by atoms with van der Waals surface area (Å²) in [6.45, 7) is 0.450. The zero-order chi connectivity index (χ0) is 22.7. The monoisotopic (exact) mass is 470 g/mol. The fraction of sp³-hybridized carbons (Fsp3) is 0.130. The van der Waals surface area contributed by atoms with Crippen molar-refractivity contribution in [1.82, 2.24) is 9.99 Å². The number of rotatable bonds is 7. The van der Waals surface area contributed by atoms with Crippen LogP contribution in [0.3, 0.4) is 0 Å². The number of urea groups is 1. The number of amides is 2. The molecule has 0 radical (unpaired) electrons. The quantitative estimate of drug-likeness (QED) is 0.272. The summed E-state index contributed by atoms with van der Waals surface area (Å²) < 4.78 is 7.78. The summed E-state index contributed by atoms with van der Waals surface area (Å²) >= 11 is 12.4. The number of ether oxygens (including phenoxy) is 1. The second-order valence-corrected chi connectivity index (χ2v) is 8.07. The van der Waals surface area contributed by atoms with Gasteiger partial charge in [-0.25, -0.2) is 10.2 Å². The summed E-state index contributed by atoms with van der Waals surface area (Å²) in [5, 5.41) is 17.6. The third-order valence-electron chi connectivity index (χ3n) is 4.89. The number of nitrogens with one attached hydrogen (secondary N) is 1. The maximum atomic E-state index is 10.7. The second kappa shape index (κ2) is 9.48. The number of halogens is 2. The molecule has 7 nitrogen and oxygen atoms in total. The Kier molecular flexibility index (Phi) is 6.50. The van der Waals surface area contributed by atoms with Crippen molar-refractivity contribution >= 4 is 57.3 Å². The highest BCUT2D eigenvalue weighted by molar-refractivity contribution is 6.33. The molecule has 0 bridgehead atoms. The molecule has 2 amide bonds. The summed E-state index contributed by atoms with van der Waals surface area (Å²) in [7, 11) is 0. The highest BCUT2D eigenvalue weighted by atomic mass is 35.5. The van der Waals surface area contributed by atoms with Crippen LogP contribution in [-0.2, 0) is 6.54 Å². The minimum absolute atomic E-state index is 0.110. The molecule has 0 aliphatic carbocycles. The minimum Gasteiger partial charge on any atom is -0.491 e. The van der Waals surface area contributed by atoms with Gasteiger partial charge in [0.2, 0.25) is 0 Å². The first kappa shape index (κ1) is 22.0. The average Bonchev–Trinajstić information content (AvgIpc) is 3.05. The molecule has 3 aromatic carbocycles. The highest BCUT2D eigenvalue weighted by Crippen LogP contribution is 2.33. The maximum Gasteiger partial charge on any atom is 0.332 e. The van der Waals surface area contributed by atoms with Gasteiger partial charge in [-0.1, -0.05) is 23.2 Å². The van der Waals surface area contributed by atoms with Gasteiger partial charge in [0, 0.05) is 31.9 Å². The summed E-state index contributed by atoms with van der Waals surface area (Å²) in [4.78, 5) is 10.6. The third kappa shape index (κ3) is 4.96. The molecule has 4 N–H and O–H groups in total. The van der Waals surface area contributed by atoms with Gasteiger partial charge in [-0.2, -0.15) is 5.10 Å². The van der Waals surface area contributed by atoms with Gasteiger partial charge in [0.15, 0.2) is 0 Å². The van der Waals surface area contributed by atoms with Crippen LogP contribution in [0, 0.1) is 0 Å². The van der Waals surface area contributed by atoms with Gasteiger partial charge >= 0.3 is 6.03 Å². The van der Waals surface area contributed by atoms with Crippen LogP contribution in [0.25, 0.3) is 21.8 Å². The maximum absolute atomic E-state index is 10.7. The van der Waals surface area contributed by atoms with Gasteiger partial charge in [0.25, 0.3) is 0 Å². The molecule has 0 saturated heterocycles. The van der Waals surface area contributed by atoms with Crippen LogP contribution in [0.1, 0.15) is 5.56 Å². The molecule has 1 heterocycles. The first-order valence-electron chi connectivity index (χ1n) is 9.77. The van der Waals surface area contributed by atoms with Gasteiger partial charge in [-0.05, 0) is 66.2 Å². The van der Waals surface area contributed by atoms with E-state index in [9.17, 15) is 9.90 Å². The largest absolute Gasteiger partial charge is 0.491 e. The molecule has 32 heavy (non-hydrogen) atoms. The molecule has 9 heteroatoms. The molecule has 1 unspecified atom stereocenters. The summed E-state index contributed by atoms with van der Waals surface area (Å²) in [6, 6.07) is 17.6. The zero-order valence-corrected chi connectivity index (χ0v) is 18.3. The number of primary amides is 1. The molecule has 0 fully saturated rings. The third-order valence-corrected chi connectivity index (χ3v) is 5.36. The molecule has 4 rings (SSSR count). The molecule has 4 aromatic rings. The standard InChI is InChI=1S/C23H20Cl2N4O3/c24-15-3-7-21-19(9-15)20-10-16(25)4-8-22(20)29(21)12-17(30)13-32-18-5-1-14(2-6-18)11-27-28-23(26)31/h1-11,17,30H,12-13H2,(H3,26,28,31)/b27-11+. The number of fused-ring (bicyclic) bond motifs is 3. The van der Waals surface area contributed by atoms with Crippen molar-refractivity contribution in [3.8, 4) is 5.75 Å². The Morgan fingerprint density at radius 2 is 1.66 bits per heavy atom. The molecule has 0 aliphatic heterocycles. The van der Waals surface area contributed by atoms with Crippen LogP contribution in [-0.4, -0.2) is 34.6 Å². The van der Waals surface area contributed by atoms with E-state index in [1.807, 2.05) is 41.0 Å². The van der Waals surface area contributed by atoms with Crippen LogP contribution in [0.15, 0.2) is 65.8 Å². The number of benzene rings is 3. The predicted octanol–water partition coefficient (Wildman–Crippen LogP) is 4.54. The fourth-order valence-electron chi connectivity index (χ4n) is 3.52. The lowest BCUT2D eigenvalue weighted by Crippen LogP contribution is -2.24. The average molecular weight is 471 g/mol. The van der Waals surface area contributed by atoms with Crippen molar-refractivity contribution in [2.45, 2.75) is 12.6 Å². The molecule has 164 valence electrons. The second-order valence-electron chi connectivity index (χ2n) is 7.20. The number of aliphatic hydroxyl groups is 1. The van der Waals surface area contributed by atoms with Crippen LogP contribution in [0.2, 0.25) is 10.0 Å². The van der Waals surface area contributed by atoms with Crippen molar-refractivity contribution in [2.75, 3.05) is 6.61 Å². The summed E-state index contributed by atoms with van der Waals surface area (Å²) in [5.41, 5.74) is 9.75. The van der Waals surface area contributed by atoms with E-state index in [0.717, 1.165) is 27.4 Å². The SMILES string of the molecule is NC(=O)N/N=C/c1ccc(OCC(O)Cn2c3ccc(Cl)cc3c3cc(Cl)ccc32)cc1. The normalized spacial score (nSPS) is 12.5. The van der Waals surface area contributed by atoms with Gasteiger partial charge in [-0.15, -0.1) is 0 Å². The molecule has 0 aliphatic rings. The van der Waals surface area contributed by atoms with Crippen LogP contribution in [0.4, 0.5) is 4.79 Å². The summed E-state index contributed by atoms with van der Waals surface area (Å²) in [6.07, 6.45) is 0.714. The van der Waals surface area contributed by atoms with E-state index in [1.165, 1.54) is 6.21 Å². The van der Waals surface area contributed by atoms with Crippen molar-refractivity contribution in [2.24, 2.45) is 10.8 Å². The van der Waals surface area contributed by atoms with E-state index in [-0.39, 0.29) is 6.61 Å². The number of nitrogens with two attached hydrogens (primary N) is 1. The number of hydrogen-bond acceptors (Lipinski definition) is 4. The Balaban J connectivity index is 1.47. The molecule has 0 saturated carbocycles. The minimum atomic E-state index is -0.749. The molecule has 0 spiro atoms. The van der Waals surface area contributed by atoms with Crippen molar-refractivity contribution < 1.29 is 14.6 Å². The molecule has 1 aromatic heterocycles. The van der Waals surface area contributed by atoms with Gasteiger partial charge in [-0.3, -0.25) is 0 Å².